The quantitative estimate of drug-likeness (QED) is 0.289. The number of hydrogen-bond acceptors (Lipinski definition) is 4. The van der Waals surface area contributed by atoms with E-state index in [1.165, 1.54) is 0 Å². The lowest BCUT2D eigenvalue weighted by molar-refractivity contribution is 0.0948. The highest BCUT2D eigenvalue weighted by atomic mass is 16.5. The third-order valence-corrected chi connectivity index (χ3v) is 4.28. The van der Waals surface area contributed by atoms with Crippen molar-refractivity contribution < 1.29 is 13.9 Å². The second-order valence-corrected chi connectivity index (χ2v) is 6.63. The van der Waals surface area contributed by atoms with Crippen LogP contribution in [0.15, 0.2) is 52.1 Å². The molecule has 0 bridgehead atoms. The first-order valence-electron chi connectivity index (χ1n) is 10.1. The van der Waals surface area contributed by atoms with E-state index in [0.717, 1.165) is 56.3 Å². The van der Waals surface area contributed by atoms with Crippen LogP contribution in [0.4, 0.5) is 0 Å². The van der Waals surface area contributed by atoms with Gasteiger partial charge < -0.3 is 25.1 Å². The van der Waals surface area contributed by atoms with Crippen LogP contribution in [-0.4, -0.2) is 38.7 Å². The number of rotatable bonds is 12. The normalized spacial score (nSPS) is 11.3. The van der Waals surface area contributed by atoms with Gasteiger partial charge in [0, 0.05) is 38.9 Å². The van der Waals surface area contributed by atoms with Crippen molar-refractivity contribution >= 4 is 11.9 Å². The van der Waals surface area contributed by atoms with Gasteiger partial charge in [-0.25, -0.2) is 0 Å². The first kappa shape index (κ1) is 22.5. The number of aliphatic imine (C=N–C) groups is 1. The van der Waals surface area contributed by atoms with Gasteiger partial charge in [0.15, 0.2) is 5.96 Å². The van der Waals surface area contributed by atoms with Crippen molar-refractivity contribution in [3.05, 3.63) is 59.5 Å². The van der Waals surface area contributed by atoms with Crippen molar-refractivity contribution in [3.8, 4) is 0 Å². The summed E-state index contributed by atoms with van der Waals surface area (Å²) >= 11 is 0. The number of benzene rings is 1. The molecule has 0 aliphatic rings. The molecule has 7 nitrogen and oxygen atoms in total. The van der Waals surface area contributed by atoms with Crippen molar-refractivity contribution in [2.45, 2.75) is 39.3 Å². The zero-order valence-corrected chi connectivity index (χ0v) is 17.4. The molecule has 7 heteroatoms. The van der Waals surface area contributed by atoms with Gasteiger partial charge in [0.05, 0.1) is 12.8 Å². The molecule has 0 atom stereocenters. The topological polar surface area (TPSA) is 87.9 Å². The maximum atomic E-state index is 12.3. The Morgan fingerprint density at radius 2 is 1.93 bits per heavy atom. The number of amides is 1. The maximum Gasteiger partial charge on any atom is 0.251 e. The van der Waals surface area contributed by atoms with Crippen molar-refractivity contribution in [1.29, 1.82) is 0 Å². The Hall–Kier alpha value is -2.80. The molecule has 0 aliphatic carbocycles. The van der Waals surface area contributed by atoms with E-state index in [9.17, 15) is 4.79 Å². The standard InChI is InChI=1S/C22H32N4O3/c1-3-4-12-28-13-7-11-24-22(23-2)26-16-18-8-5-9-19(15-18)21(27)25-17-20-10-6-14-29-20/h5-6,8-10,14-15H,3-4,7,11-13,16-17H2,1-2H3,(H,25,27)(H2,23,24,26). The highest BCUT2D eigenvalue weighted by Gasteiger charge is 2.07. The summed E-state index contributed by atoms with van der Waals surface area (Å²) in [6, 6.07) is 11.2. The van der Waals surface area contributed by atoms with Crippen LogP contribution < -0.4 is 16.0 Å². The van der Waals surface area contributed by atoms with E-state index in [-0.39, 0.29) is 5.91 Å². The number of hydrogen-bond donors (Lipinski definition) is 3. The number of ether oxygens (including phenoxy) is 1. The fourth-order valence-electron chi connectivity index (χ4n) is 2.64. The first-order chi connectivity index (χ1) is 14.2. The molecule has 2 aromatic rings. The van der Waals surface area contributed by atoms with Gasteiger partial charge in [0.1, 0.15) is 5.76 Å². The van der Waals surface area contributed by atoms with E-state index < -0.39 is 0 Å². The second kappa shape index (κ2) is 13.4. The van der Waals surface area contributed by atoms with Gasteiger partial charge in [-0.05, 0) is 42.7 Å². The molecule has 29 heavy (non-hydrogen) atoms. The zero-order chi connectivity index (χ0) is 20.7. The fraction of sp³-hybridized carbons (Fsp3) is 0.455. The van der Waals surface area contributed by atoms with Crippen LogP contribution in [0.5, 0.6) is 0 Å². The number of guanidine groups is 1. The predicted octanol–water partition coefficient (Wildman–Crippen LogP) is 3.08. The Labute approximate surface area is 172 Å². The zero-order valence-electron chi connectivity index (χ0n) is 17.4. The summed E-state index contributed by atoms with van der Waals surface area (Å²) in [5.41, 5.74) is 1.62. The van der Waals surface area contributed by atoms with Gasteiger partial charge in [-0.2, -0.15) is 0 Å². The number of furan rings is 1. The summed E-state index contributed by atoms with van der Waals surface area (Å²) < 4.78 is 10.8. The van der Waals surface area contributed by atoms with Crippen molar-refractivity contribution in [1.82, 2.24) is 16.0 Å². The smallest absolute Gasteiger partial charge is 0.251 e. The van der Waals surface area contributed by atoms with Crippen LogP contribution in [0.3, 0.4) is 0 Å². The van der Waals surface area contributed by atoms with E-state index in [0.29, 0.717) is 18.7 Å². The van der Waals surface area contributed by atoms with Gasteiger partial charge in [-0.3, -0.25) is 9.79 Å². The van der Waals surface area contributed by atoms with Crippen LogP contribution in [-0.2, 0) is 17.8 Å². The SMILES string of the molecule is CCCCOCCCNC(=NC)NCc1cccc(C(=O)NCc2ccco2)c1. The minimum absolute atomic E-state index is 0.131. The van der Waals surface area contributed by atoms with Crippen LogP contribution in [0.1, 0.15) is 47.9 Å². The average molecular weight is 401 g/mol. The Morgan fingerprint density at radius 1 is 1.07 bits per heavy atom. The van der Waals surface area contributed by atoms with Gasteiger partial charge in [-0.15, -0.1) is 0 Å². The molecule has 3 N–H and O–H groups in total. The summed E-state index contributed by atoms with van der Waals surface area (Å²) in [5.74, 6) is 1.32. The average Bonchev–Trinajstić information content (AvgIpc) is 3.27. The first-order valence-corrected chi connectivity index (χ1v) is 10.1. The lowest BCUT2D eigenvalue weighted by Gasteiger charge is -2.12. The molecule has 0 aliphatic heterocycles. The van der Waals surface area contributed by atoms with Crippen LogP contribution in [0.2, 0.25) is 0 Å². The predicted molar refractivity (Wildman–Crippen MR) is 115 cm³/mol. The summed E-state index contributed by atoms with van der Waals surface area (Å²) in [4.78, 5) is 16.6. The number of nitrogens with zero attached hydrogens (tertiary/aromatic N) is 1. The van der Waals surface area contributed by atoms with Gasteiger partial charge in [-0.1, -0.05) is 25.5 Å². The van der Waals surface area contributed by atoms with Crippen LogP contribution in [0.25, 0.3) is 0 Å². The maximum absolute atomic E-state index is 12.3. The number of nitrogens with one attached hydrogen (secondary N) is 3. The van der Waals surface area contributed by atoms with Gasteiger partial charge >= 0.3 is 0 Å². The molecular weight excluding hydrogens is 368 g/mol. The Kier molecular flexibility index (Phi) is 10.4. The number of carbonyl (C=O) groups is 1. The molecule has 0 saturated heterocycles. The summed E-state index contributed by atoms with van der Waals surface area (Å²) in [7, 11) is 1.74. The molecule has 0 saturated carbocycles. The van der Waals surface area contributed by atoms with Gasteiger partial charge in [0.2, 0.25) is 0 Å². The second-order valence-electron chi connectivity index (χ2n) is 6.63. The van der Waals surface area contributed by atoms with E-state index in [1.807, 2.05) is 24.3 Å². The molecule has 158 valence electrons. The van der Waals surface area contributed by atoms with Crippen LogP contribution >= 0.6 is 0 Å². The van der Waals surface area contributed by atoms with E-state index >= 15 is 0 Å². The Bertz CT molecular complexity index is 744. The van der Waals surface area contributed by atoms with E-state index in [1.54, 1.807) is 25.4 Å². The molecular formula is C22H32N4O3. The lowest BCUT2D eigenvalue weighted by Crippen LogP contribution is -2.37. The van der Waals surface area contributed by atoms with E-state index in [4.69, 9.17) is 9.15 Å². The Balaban J connectivity index is 1.72. The third-order valence-electron chi connectivity index (χ3n) is 4.28. The van der Waals surface area contributed by atoms with Crippen molar-refractivity contribution in [3.63, 3.8) is 0 Å². The molecule has 0 fully saturated rings. The van der Waals surface area contributed by atoms with Crippen molar-refractivity contribution in [2.75, 3.05) is 26.8 Å². The molecule has 2 rings (SSSR count). The summed E-state index contributed by atoms with van der Waals surface area (Å²) in [6.45, 7) is 5.47. The molecule has 1 heterocycles. The lowest BCUT2D eigenvalue weighted by atomic mass is 10.1. The minimum atomic E-state index is -0.131. The molecule has 0 radical (unpaired) electrons. The highest BCUT2D eigenvalue weighted by Crippen LogP contribution is 2.06. The molecule has 0 spiro atoms. The van der Waals surface area contributed by atoms with Gasteiger partial charge in [0.25, 0.3) is 5.91 Å². The molecule has 0 unspecified atom stereocenters. The largest absolute Gasteiger partial charge is 0.467 e. The summed E-state index contributed by atoms with van der Waals surface area (Å²) in [5, 5.41) is 9.40. The molecule has 1 aromatic heterocycles. The minimum Gasteiger partial charge on any atom is -0.467 e. The number of unbranched alkanes of at least 4 members (excludes halogenated alkanes) is 1. The third kappa shape index (κ3) is 8.83. The van der Waals surface area contributed by atoms with Crippen molar-refractivity contribution in [2.24, 2.45) is 4.99 Å². The monoisotopic (exact) mass is 400 g/mol. The highest BCUT2D eigenvalue weighted by molar-refractivity contribution is 5.94. The fourth-order valence-corrected chi connectivity index (χ4v) is 2.64. The molecule has 1 amide bonds. The molecule has 1 aromatic carbocycles. The van der Waals surface area contributed by atoms with E-state index in [2.05, 4.69) is 27.9 Å². The summed E-state index contributed by atoms with van der Waals surface area (Å²) in [6.07, 6.45) is 4.78. The van der Waals surface area contributed by atoms with Crippen LogP contribution in [0, 0.1) is 0 Å². The Morgan fingerprint density at radius 3 is 2.69 bits per heavy atom. The number of carbonyl (C=O) groups excluding carboxylic acids is 1.